The Morgan fingerprint density at radius 3 is 3.06 bits per heavy atom. The molecule has 2 N–H and O–H groups in total. The van der Waals surface area contributed by atoms with Gasteiger partial charge in [0.15, 0.2) is 5.54 Å². The lowest BCUT2D eigenvalue weighted by atomic mass is 10.2. The number of amides is 1. The van der Waals surface area contributed by atoms with E-state index >= 15 is 0 Å². The van der Waals surface area contributed by atoms with Crippen LogP contribution < -0.4 is 5.73 Å². The average molecular weight is 251 g/mol. The summed E-state index contributed by atoms with van der Waals surface area (Å²) in [5, 5.41) is 16.7. The Bertz CT molecular complexity index is 460. The van der Waals surface area contributed by atoms with Gasteiger partial charge in [-0.1, -0.05) is 17.0 Å². The van der Waals surface area contributed by atoms with E-state index in [0.717, 1.165) is 43.1 Å². The van der Waals surface area contributed by atoms with Crippen molar-refractivity contribution in [3.63, 3.8) is 0 Å². The number of aryl methyl sites for hydroxylation is 1. The fraction of sp³-hybridized carbons (Fsp3) is 0.600. The van der Waals surface area contributed by atoms with Gasteiger partial charge in [0.2, 0.25) is 0 Å². The molecule has 0 radical (unpaired) electrons. The molecule has 1 saturated carbocycles. The van der Waals surface area contributed by atoms with Gasteiger partial charge in [-0.3, -0.25) is 4.79 Å². The Labute approximate surface area is 103 Å². The monoisotopic (exact) mass is 251 g/mol. The minimum absolute atomic E-state index is 0.352. The number of rotatable bonds is 5. The number of aromatic nitrogens is 3. The van der Waals surface area contributed by atoms with E-state index in [0.29, 0.717) is 5.75 Å². The molecule has 0 saturated heterocycles. The van der Waals surface area contributed by atoms with Crippen molar-refractivity contribution in [2.24, 2.45) is 5.73 Å². The molecule has 1 aliphatic rings. The van der Waals surface area contributed by atoms with Crippen molar-refractivity contribution in [3.05, 3.63) is 11.9 Å². The third-order valence-corrected chi connectivity index (χ3v) is 3.51. The van der Waals surface area contributed by atoms with Crippen LogP contribution in [0, 0.1) is 11.3 Å². The highest BCUT2D eigenvalue weighted by Crippen LogP contribution is 2.41. The molecule has 1 aromatic heterocycles. The molecule has 0 atom stereocenters. The second kappa shape index (κ2) is 4.75. The van der Waals surface area contributed by atoms with Gasteiger partial charge in [0.05, 0.1) is 18.0 Å². The van der Waals surface area contributed by atoms with E-state index in [2.05, 4.69) is 16.4 Å². The minimum Gasteiger partial charge on any atom is -0.361 e. The molecule has 7 heteroatoms. The van der Waals surface area contributed by atoms with E-state index < -0.39 is 5.54 Å². The molecular formula is C10H13N5OS. The van der Waals surface area contributed by atoms with E-state index in [4.69, 9.17) is 11.0 Å². The second-order valence-corrected chi connectivity index (χ2v) is 5.17. The van der Waals surface area contributed by atoms with E-state index in [1.54, 1.807) is 4.68 Å². The van der Waals surface area contributed by atoms with Crippen LogP contribution in [-0.4, -0.2) is 26.0 Å². The summed E-state index contributed by atoms with van der Waals surface area (Å²) in [6.45, 7) is 0. The Kier molecular flexibility index (Phi) is 3.33. The Hall–Kier alpha value is -1.55. The predicted molar refractivity (Wildman–Crippen MR) is 63.2 cm³/mol. The third kappa shape index (κ3) is 2.77. The van der Waals surface area contributed by atoms with Crippen molar-refractivity contribution >= 4 is 17.0 Å². The summed E-state index contributed by atoms with van der Waals surface area (Å²) in [6.07, 6.45) is 5.10. The zero-order valence-electron chi connectivity index (χ0n) is 9.30. The summed E-state index contributed by atoms with van der Waals surface area (Å²) >= 11 is 1.11. The van der Waals surface area contributed by atoms with Crippen LogP contribution in [0.25, 0.3) is 0 Å². The smallest absolute Gasteiger partial charge is 0.276 e. The van der Waals surface area contributed by atoms with Crippen molar-refractivity contribution in [1.82, 2.24) is 15.0 Å². The quantitative estimate of drug-likeness (QED) is 0.788. The molecule has 0 bridgehead atoms. The fourth-order valence-corrected chi connectivity index (χ4v) is 2.05. The first-order valence-corrected chi connectivity index (χ1v) is 6.40. The van der Waals surface area contributed by atoms with Crippen LogP contribution in [0.1, 0.15) is 25.0 Å². The Morgan fingerprint density at radius 2 is 2.47 bits per heavy atom. The van der Waals surface area contributed by atoms with Crippen molar-refractivity contribution < 1.29 is 4.79 Å². The summed E-state index contributed by atoms with van der Waals surface area (Å²) in [7, 11) is 0. The number of nitrogens with two attached hydrogens (primary N) is 1. The highest BCUT2D eigenvalue weighted by molar-refractivity contribution is 8.13. The third-order valence-electron chi connectivity index (χ3n) is 2.73. The summed E-state index contributed by atoms with van der Waals surface area (Å²) in [5.41, 5.74) is 5.44. The van der Waals surface area contributed by atoms with Crippen molar-refractivity contribution in [2.75, 3.05) is 5.75 Å². The topological polar surface area (TPSA) is 97.6 Å². The van der Waals surface area contributed by atoms with Gasteiger partial charge in [0, 0.05) is 5.75 Å². The SMILES string of the molecule is N#CC1(n2cc(CCCSC(N)=O)nn2)CC1. The van der Waals surface area contributed by atoms with Gasteiger partial charge in [-0.15, -0.1) is 5.10 Å². The lowest BCUT2D eigenvalue weighted by Gasteiger charge is -2.02. The molecule has 6 nitrogen and oxygen atoms in total. The lowest BCUT2D eigenvalue weighted by Crippen LogP contribution is -2.14. The fourth-order valence-electron chi connectivity index (χ4n) is 1.56. The van der Waals surface area contributed by atoms with Crippen LogP contribution in [0.3, 0.4) is 0 Å². The van der Waals surface area contributed by atoms with Crippen LogP contribution in [0.4, 0.5) is 4.79 Å². The molecule has 90 valence electrons. The van der Waals surface area contributed by atoms with E-state index in [1.165, 1.54) is 0 Å². The first-order valence-electron chi connectivity index (χ1n) is 5.41. The van der Waals surface area contributed by atoms with Crippen LogP contribution in [0.2, 0.25) is 0 Å². The standard InChI is InChI=1S/C10H13N5OS/c11-7-10(3-4-10)15-6-8(13-14-15)2-1-5-17-9(12)16/h6H,1-5H2,(H2,12,16). The highest BCUT2D eigenvalue weighted by atomic mass is 32.2. The molecule has 0 aromatic carbocycles. The zero-order valence-corrected chi connectivity index (χ0v) is 10.1. The largest absolute Gasteiger partial charge is 0.361 e. The molecule has 1 heterocycles. The molecule has 1 amide bonds. The van der Waals surface area contributed by atoms with Crippen LogP contribution >= 0.6 is 11.8 Å². The van der Waals surface area contributed by atoms with Crippen molar-refractivity contribution in [3.8, 4) is 6.07 Å². The Morgan fingerprint density at radius 1 is 1.71 bits per heavy atom. The minimum atomic E-state index is -0.437. The summed E-state index contributed by atoms with van der Waals surface area (Å²) in [4.78, 5) is 10.5. The molecule has 2 rings (SSSR count). The van der Waals surface area contributed by atoms with Crippen LogP contribution in [0.5, 0.6) is 0 Å². The molecule has 0 aliphatic heterocycles. The maximum absolute atomic E-state index is 10.5. The van der Waals surface area contributed by atoms with E-state index in [-0.39, 0.29) is 5.24 Å². The molecule has 0 unspecified atom stereocenters. The summed E-state index contributed by atoms with van der Waals surface area (Å²) < 4.78 is 1.66. The normalized spacial score (nSPS) is 16.4. The van der Waals surface area contributed by atoms with Gasteiger partial charge >= 0.3 is 0 Å². The molecule has 0 spiro atoms. The van der Waals surface area contributed by atoms with Gasteiger partial charge in [-0.25, -0.2) is 4.68 Å². The number of thioether (sulfide) groups is 1. The predicted octanol–water partition coefficient (Wildman–Crippen LogP) is 1.04. The lowest BCUT2D eigenvalue weighted by molar-refractivity contribution is 0.267. The maximum atomic E-state index is 10.5. The molecule has 1 aromatic rings. The summed E-state index contributed by atoms with van der Waals surface area (Å²) in [5.74, 6) is 0.686. The maximum Gasteiger partial charge on any atom is 0.276 e. The first kappa shape index (κ1) is 11.9. The number of hydrogen-bond donors (Lipinski definition) is 1. The van der Waals surface area contributed by atoms with E-state index in [1.807, 2.05) is 6.20 Å². The number of nitrogens with zero attached hydrogens (tertiary/aromatic N) is 4. The van der Waals surface area contributed by atoms with Gasteiger partial charge in [-0.05, 0) is 25.7 Å². The highest BCUT2D eigenvalue weighted by Gasteiger charge is 2.46. The van der Waals surface area contributed by atoms with Gasteiger partial charge in [-0.2, -0.15) is 5.26 Å². The number of primary amides is 1. The number of carbonyl (C=O) groups excluding carboxylic acids is 1. The molecule has 17 heavy (non-hydrogen) atoms. The molecule has 1 fully saturated rings. The molecule has 1 aliphatic carbocycles. The van der Waals surface area contributed by atoms with Crippen LogP contribution in [0.15, 0.2) is 6.20 Å². The molecular weight excluding hydrogens is 238 g/mol. The number of nitriles is 1. The van der Waals surface area contributed by atoms with Gasteiger partial charge in [0.25, 0.3) is 5.24 Å². The second-order valence-electron chi connectivity index (χ2n) is 4.07. The van der Waals surface area contributed by atoms with Crippen LogP contribution in [-0.2, 0) is 12.0 Å². The summed E-state index contributed by atoms with van der Waals surface area (Å²) in [6, 6.07) is 2.26. The van der Waals surface area contributed by atoms with Gasteiger partial charge in [0.1, 0.15) is 0 Å². The average Bonchev–Trinajstić information content (AvgIpc) is 2.97. The van der Waals surface area contributed by atoms with Gasteiger partial charge < -0.3 is 5.73 Å². The van der Waals surface area contributed by atoms with E-state index in [9.17, 15) is 4.79 Å². The van der Waals surface area contributed by atoms with Crippen molar-refractivity contribution in [1.29, 1.82) is 5.26 Å². The number of hydrogen-bond acceptors (Lipinski definition) is 5. The Balaban J connectivity index is 1.83. The first-order chi connectivity index (χ1) is 8.16. The van der Waals surface area contributed by atoms with Crippen molar-refractivity contribution in [2.45, 2.75) is 31.2 Å². The zero-order chi connectivity index (χ0) is 12.3. The number of carbonyl (C=O) groups is 1.